The Morgan fingerprint density at radius 2 is 1.80 bits per heavy atom. The van der Waals surface area contributed by atoms with Crippen LogP contribution in [0, 0.1) is 5.41 Å². The van der Waals surface area contributed by atoms with Crippen LogP contribution in [0.5, 0.6) is 0 Å². The molecule has 0 saturated heterocycles. The molecule has 0 heterocycles. The van der Waals surface area contributed by atoms with Crippen LogP contribution in [0.25, 0.3) is 0 Å². The van der Waals surface area contributed by atoms with E-state index in [1.807, 2.05) is 13.8 Å². The molecule has 0 aromatic carbocycles. The van der Waals surface area contributed by atoms with E-state index in [0.717, 1.165) is 5.41 Å². The van der Waals surface area contributed by atoms with Gasteiger partial charge in [-0.15, -0.1) is 0 Å². The molecule has 0 aliphatic heterocycles. The third-order valence-electron chi connectivity index (χ3n) is 2.80. The van der Waals surface area contributed by atoms with Crippen LogP contribution in [-0.4, -0.2) is 6.04 Å². The van der Waals surface area contributed by atoms with Gasteiger partial charge in [-0.05, 0) is 31.1 Å². The van der Waals surface area contributed by atoms with Crippen LogP contribution >= 0.6 is 0 Å². The van der Waals surface area contributed by atoms with E-state index in [-0.39, 0.29) is 1.43 Å². The number of hydrogen-bond acceptors (Lipinski definition) is 1. The second kappa shape index (κ2) is 2.91. The molecule has 1 spiro atoms. The van der Waals surface area contributed by atoms with Crippen LogP contribution in [0.3, 0.4) is 0 Å². The van der Waals surface area contributed by atoms with Crippen molar-refractivity contribution in [2.24, 2.45) is 11.1 Å². The van der Waals surface area contributed by atoms with E-state index in [9.17, 15) is 0 Å². The molecule has 0 atom stereocenters. The van der Waals surface area contributed by atoms with Crippen molar-refractivity contribution < 1.29 is 1.43 Å². The summed E-state index contributed by atoms with van der Waals surface area (Å²) in [6.07, 6.45) is 7.06. The second-order valence-corrected chi connectivity index (χ2v) is 3.52. The van der Waals surface area contributed by atoms with Gasteiger partial charge in [-0.3, -0.25) is 0 Å². The van der Waals surface area contributed by atoms with E-state index in [4.69, 9.17) is 5.73 Å². The molecule has 0 unspecified atom stereocenters. The minimum Gasteiger partial charge on any atom is -0.328 e. The van der Waals surface area contributed by atoms with Crippen LogP contribution in [-0.2, 0) is 0 Å². The Morgan fingerprint density at radius 3 is 1.90 bits per heavy atom. The van der Waals surface area contributed by atoms with E-state index in [2.05, 4.69) is 0 Å². The van der Waals surface area contributed by atoms with E-state index in [0.29, 0.717) is 6.04 Å². The van der Waals surface area contributed by atoms with Gasteiger partial charge < -0.3 is 5.73 Å². The third kappa shape index (κ3) is 1.20. The lowest BCUT2D eigenvalue weighted by Crippen LogP contribution is -2.49. The fourth-order valence-corrected chi connectivity index (χ4v) is 2.14. The summed E-state index contributed by atoms with van der Waals surface area (Å²) in [5, 5.41) is 0. The van der Waals surface area contributed by atoms with Crippen molar-refractivity contribution in [1.82, 2.24) is 0 Å². The van der Waals surface area contributed by atoms with Crippen molar-refractivity contribution in [2.45, 2.75) is 52.0 Å². The minimum absolute atomic E-state index is 0. The SMILES string of the molecule is CC.NC1CC2(CCC2)C1.[HH]. The maximum absolute atomic E-state index is 5.66. The standard InChI is InChI=1S/C7H13N.C2H6.H2/c8-6-4-7(5-6)2-1-3-7;1-2;/h6H,1-5,8H2;1-2H3;1H. The lowest BCUT2D eigenvalue weighted by Gasteiger charge is -2.53. The zero-order valence-corrected chi connectivity index (χ0v) is 7.19. The third-order valence-corrected chi connectivity index (χ3v) is 2.80. The molecule has 1 heteroatoms. The van der Waals surface area contributed by atoms with Gasteiger partial charge in [0.2, 0.25) is 0 Å². The normalized spacial score (nSPS) is 27.9. The summed E-state index contributed by atoms with van der Waals surface area (Å²) in [6, 6.07) is 0.565. The monoisotopic (exact) mass is 143 g/mol. The van der Waals surface area contributed by atoms with Gasteiger partial charge in [-0.1, -0.05) is 20.3 Å². The molecule has 1 nitrogen and oxygen atoms in total. The summed E-state index contributed by atoms with van der Waals surface area (Å²) in [4.78, 5) is 0. The first-order valence-electron chi connectivity index (χ1n) is 4.56. The maximum Gasteiger partial charge on any atom is 0.00494 e. The average Bonchev–Trinajstić information content (AvgIpc) is 1.82. The summed E-state index contributed by atoms with van der Waals surface area (Å²) in [5.74, 6) is 0. The summed E-state index contributed by atoms with van der Waals surface area (Å²) >= 11 is 0. The molecule has 2 rings (SSSR count). The molecule has 0 bridgehead atoms. The zero-order chi connectivity index (χ0) is 7.61. The molecule has 2 N–H and O–H groups in total. The highest BCUT2D eigenvalue weighted by Gasteiger charge is 2.46. The summed E-state index contributed by atoms with van der Waals surface area (Å²) < 4.78 is 0. The highest BCUT2D eigenvalue weighted by atomic mass is 14.7. The highest BCUT2D eigenvalue weighted by Crippen LogP contribution is 2.54. The van der Waals surface area contributed by atoms with Crippen molar-refractivity contribution in [3.8, 4) is 0 Å². The highest BCUT2D eigenvalue weighted by molar-refractivity contribution is 5.00. The molecule has 0 amide bonds. The Bertz CT molecular complexity index is 102. The maximum atomic E-state index is 5.66. The van der Waals surface area contributed by atoms with Crippen molar-refractivity contribution in [2.75, 3.05) is 0 Å². The zero-order valence-electron chi connectivity index (χ0n) is 7.19. The Hall–Kier alpha value is -0.0400. The van der Waals surface area contributed by atoms with E-state index >= 15 is 0 Å². The Balaban J connectivity index is 0.000000311. The van der Waals surface area contributed by atoms with E-state index < -0.39 is 0 Å². The van der Waals surface area contributed by atoms with Crippen molar-refractivity contribution in [3.63, 3.8) is 0 Å². The smallest absolute Gasteiger partial charge is 0.00494 e. The summed E-state index contributed by atoms with van der Waals surface area (Å²) in [7, 11) is 0. The van der Waals surface area contributed by atoms with Crippen molar-refractivity contribution in [3.05, 3.63) is 0 Å². The molecule has 10 heavy (non-hydrogen) atoms. The topological polar surface area (TPSA) is 26.0 Å². The van der Waals surface area contributed by atoms with Gasteiger partial charge >= 0.3 is 0 Å². The predicted molar refractivity (Wildman–Crippen MR) is 47.0 cm³/mol. The first-order valence-corrected chi connectivity index (χ1v) is 4.56. The van der Waals surface area contributed by atoms with Crippen molar-refractivity contribution >= 4 is 0 Å². The molecule has 0 aromatic heterocycles. The first-order chi connectivity index (χ1) is 4.81. The van der Waals surface area contributed by atoms with Crippen LogP contribution in [0.4, 0.5) is 0 Å². The summed E-state index contributed by atoms with van der Waals surface area (Å²) in [5.41, 5.74) is 6.45. The Morgan fingerprint density at radius 1 is 1.30 bits per heavy atom. The van der Waals surface area contributed by atoms with Crippen molar-refractivity contribution in [1.29, 1.82) is 0 Å². The molecular weight excluding hydrogens is 122 g/mol. The first kappa shape index (κ1) is 8.06. The van der Waals surface area contributed by atoms with E-state index in [1.54, 1.807) is 0 Å². The van der Waals surface area contributed by atoms with Crippen LogP contribution < -0.4 is 5.73 Å². The fourth-order valence-electron chi connectivity index (χ4n) is 2.14. The number of rotatable bonds is 0. The van der Waals surface area contributed by atoms with Gasteiger partial charge in [0.15, 0.2) is 0 Å². The molecular formula is C9H21N. The van der Waals surface area contributed by atoms with Crippen LogP contribution in [0.2, 0.25) is 0 Å². The average molecular weight is 143 g/mol. The lowest BCUT2D eigenvalue weighted by molar-refractivity contribution is 0.0121. The largest absolute Gasteiger partial charge is 0.328 e. The number of nitrogens with two attached hydrogens (primary N) is 1. The lowest BCUT2D eigenvalue weighted by atomic mass is 9.54. The molecule has 0 aromatic rings. The second-order valence-electron chi connectivity index (χ2n) is 3.52. The molecule has 2 saturated carbocycles. The van der Waals surface area contributed by atoms with E-state index in [1.165, 1.54) is 32.1 Å². The molecule has 62 valence electrons. The minimum atomic E-state index is 0. The quantitative estimate of drug-likeness (QED) is 0.554. The predicted octanol–water partition coefficient (Wildman–Crippen LogP) is 2.55. The van der Waals surface area contributed by atoms with Gasteiger partial charge in [0.05, 0.1) is 0 Å². The molecule has 2 fully saturated rings. The fraction of sp³-hybridized carbons (Fsp3) is 1.00. The Kier molecular flexibility index (Phi) is 2.35. The number of hydrogen-bond donors (Lipinski definition) is 1. The van der Waals surface area contributed by atoms with Gasteiger partial charge in [0.25, 0.3) is 0 Å². The van der Waals surface area contributed by atoms with Gasteiger partial charge in [-0.25, -0.2) is 0 Å². The van der Waals surface area contributed by atoms with Crippen LogP contribution in [0.15, 0.2) is 0 Å². The van der Waals surface area contributed by atoms with Gasteiger partial charge in [0, 0.05) is 7.47 Å². The molecule has 0 radical (unpaired) electrons. The Labute approximate surface area is 65.5 Å². The van der Waals surface area contributed by atoms with Gasteiger partial charge in [-0.2, -0.15) is 0 Å². The van der Waals surface area contributed by atoms with Crippen LogP contribution in [0.1, 0.15) is 47.4 Å². The molecule has 2 aliphatic carbocycles. The molecule has 2 aliphatic rings. The van der Waals surface area contributed by atoms with Gasteiger partial charge in [0.1, 0.15) is 0 Å². The summed E-state index contributed by atoms with van der Waals surface area (Å²) in [6.45, 7) is 4.00.